The molecule has 0 fully saturated rings. The number of hydrogen-bond donors (Lipinski definition) is 3. The van der Waals surface area contributed by atoms with Gasteiger partial charge in [0.25, 0.3) is 5.91 Å². The molecule has 172 valence electrons. The first-order valence-electron chi connectivity index (χ1n) is 10.7. The third-order valence-corrected chi connectivity index (χ3v) is 5.21. The summed E-state index contributed by atoms with van der Waals surface area (Å²) in [6.45, 7) is 4.00. The van der Waals surface area contributed by atoms with Crippen LogP contribution in [-0.2, 0) is 11.2 Å². The van der Waals surface area contributed by atoms with Crippen molar-refractivity contribution in [1.29, 1.82) is 0 Å². The fourth-order valence-electron chi connectivity index (χ4n) is 3.65. The van der Waals surface area contributed by atoms with E-state index in [-0.39, 0.29) is 41.7 Å². The van der Waals surface area contributed by atoms with Crippen molar-refractivity contribution in [3.8, 4) is 0 Å². The minimum Gasteiger partial charge on any atom is -0.357 e. The third-order valence-electron chi connectivity index (χ3n) is 5.21. The van der Waals surface area contributed by atoms with Crippen molar-refractivity contribution >= 4 is 47.4 Å². The zero-order valence-electron chi connectivity index (χ0n) is 18.9. The van der Waals surface area contributed by atoms with Crippen LogP contribution in [0.2, 0.25) is 0 Å². The maximum absolute atomic E-state index is 12.2. The van der Waals surface area contributed by atoms with Gasteiger partial charge in [-0.2, -0.15) is 0 Å². The minimum atomic E-state index is 0. The fraction of sp³-hybridized carbons (Fsp3) is 0.375. The summed E-state index contributed by atoms with van der Waals surface area (Å²) >= 11 is 0. The van der Waals surface area contributed by atoms with Gasteiger partial charge in [-0.15, -0.1) is 24.0 Å². The zero-order valence-corrected chi connectivity index (χ0v) is 21.2. The van der Waals surface area contributed by atoms with Crippen LogP contribution in [0.4, 0.5) is 5.69 Å². The molecule has 0 saturated carbocycles. The lowest BCUT2D eigenvalue weighted by Gasteiger charge is -2.24. The molecule has 1 unspecified atom stereocenters. The van der Waals surface area contributed by atoms with Gasteiger partial charge in [0.1, 0.15) is 0 Å². The molecule has 0 aliphatic carbocycles. The molecule has 0 saturated heterocycles. The Morgan fingerprint density at radius 3 is 2.69 bits per heavy atom. The first kappa shape index (κ1) is 25.6. The standard InChI is InChI=1S/C24H31N5O2.HI/c1-4-25-24(26-13-12-17-8-7-9-18(14-17)23(31)29(2)3)27-16-19-15-22(30)28-21-11-6-5-10-20(19)21;/h5-11,14,19H,4,12-13,15-16H2,1-3H3,(H,28,30)(H2,25,26,27);1H. The number of amides is 2. The molecule has 1 aliphatic heterocycles. The summed E-state index contributed by atoms with van der Waals surface area (Å²) in [7, 11) is 3.51. The number of fused-ring (bicyclic) bond motifs is 1. The second-order valence-corrected chi connectivity index (χ2v) is 7.83. The zero-order chi connectivity index (χ0) is 22.2. The number of carbonyl (C=O) groups is 2. The average molecular weight is 549 g/mol. The SMILES string of the molecule is CCNC(=NCC1CC(=O)Nc2ccccc21)NCCc1cccc(C(=O)N(C)C)c1.I. The number of anilines is 1. The molecular formula is C24H32IN5O2. The highest BCUT2D eigenvalue weighted by atomic mass is 127. The summed E-state index contributed by atoms with van der Waals surface area (Å²) in [5.74, 6) is 0.825. The van der Waals surface area contributed by atoms with Crippen LogP contribution in [0.25, 0.3) is 0 Å². The molecule has 1 heterocycles. The molecule has 0 bridgehead atoms. The van der Waals surface area contributed by atoms with Crippen molar-refractivity contribution < 1.29 is 9.59 Å². The molecule has 2 aromatic rings. The molecule has 8 heteroatoms. The lowest BCUT2D eigenvalue weighted by atomic mass is 9.91. The van der Waals surface area contributed by atoms with Gasteiger partial charge in [-0.05, 0) is 42.7 Å². The van der Waals surface area contributed by atoms with Gasteiger partial charge in [-0.3, -0.25) is 14.6 Å². The molecule has 1 atom stereocenters. The lowest BCUT2D eigenvalue weighted by molar-refractivity contribution is -0.116. The first-order valence-corrected chi connectivity index (χ1v) is 10.7. The van der Waals surface area contributed by atoms with Crippen LogP contribution >= 0.6 is 24.0 Å². The van der Waals surface area contributed by atoms with E-state index in [1.807, 2.05) is 49.4 Å². The number of hydrogen-bond acceptors (Lipinski definition) is 3. The van der Waals surface area contributed by atoms with Gasteiger partial charge in [0, 0.05) is 50.8 Å². The largest absolute Gasteiger partial charge is 0.357 e. The van der Waals surface area contributed by atoms with E-state index in [1.54, 1.807) is 19.0 Å². The van der Waals surface area contributed by atoms with E-state index < -0.39 is 0 Å². The monoisotopic (exact) mass is 549 g/mol. The molecule has 1 aliphatic rings. The van der Waals surface area contributed by atoms with E-state index in [0.717, 1.165) is 35.7 Å². The number of aliphatic imine (C=N–C) groups is 1. The molecule has 32 heavy (non-hydrogen) atoms. The highest BCUT2D eigenvalue weighted by Gasteiger charge is 2.24. The first-order chi connectivity index (χ1) is 15.0. The van der Waals surface area contributed by atoms with Gasteiger partial charge in [-0.1, -0.05) is 30.3 Å². The predicted octanol–water partition coefficient (Wildman–Crippen LogP) is 3.23. The van der Waals surface area contributed by atoms with Gasteiger partial charge in [0.2, 0.25) is 5.91 Å². The Morgan fingerprint density at radius 2 is 1.94 bits per heavy atom. The number of nitrogens with zero attached hydrogens (tertiary/aromatic N) is 2. The second-order valence-electron chi connectivity index (χ2n) is 7.83. The molecule has 2 aromatic carbocycles. The Bertz CT molecular complexity index is 961. The van der Waals surface area contributed by atoms with Crippen LogP contribution in [0.1, 0.15) is 40.7 Å². The van der Waals surface area contributed by atoms with Gasteiger partial charge >= 0.3 is 0 Å². The van der Waals surface area contributed by atoms with Crippen molar-refractivity contribution in [1.82, 2.24) is 15.5 Å². The van der Waals surface area contributed by atoms with Gasteiger partial charge in [0.05, 0.1) is 6.54 Å². The summed E-state index contributed by atoms with van der Waals surface area (Å²) < 4.78 is 0. The van der Waals surface area contributed by atoms with E-state index in [9.17, 15) is 9.59 Å². The predicted molar refractivity (Wildman–Crippen MR) is 140 cm³/mol. The molecule has 3 rings (SSSR count). The molecule has 7 nitrogen and oxygen atoms in total. The summed E-state index contributed by atoms with van der Waals surface area (Å²) in [5, 5.41) is 9.55. The van der Waals surface area contributed by atoms with Gasteiger partial charge in [-0.25, -0.2) is 0 Å². The molecule has 0 spiro atoms. The Kier molecular flexibility index (Phi) is 9.96. The van der Waals surface area contributed by atoms with Crippen LogP contribution in [-0.4, -0.2) is 56.4 Å². The number of carbonyl (C=O) groups excluding carboxylic acids is 2. The summed E-state index contributed by atoms with van der Waals surface area (Å²) in [5.41, 5.74) is 3.79. The summed E-state index contributed by atoms with van der Waals surface area (Å²) in [6, 6.07) is 15.6. The fourth-order valence-corrected chi connectivity index (χ4v) is 3.65. The molecule has 2 amide bonds. The van der Waals surface area contributed by atoms with E-state index >= 15 is 0 Å². The smallest absolute Gasteiger partial charge is 0.253 e. The van der Waals surface area contributed by atoms with Crippen LogP contribution < -0.4 is 16.0 Å². The molecule has 3 N–H and O–H groups in total. The van der Waals surface area contributed by atoms with Crippen molar-refractivity contribution in [2.24, 2.45) is 4.99 Å². The normalized spacial score (nSPS) is 15.2. The Balaban J connectivity index is 0.00000363. The Labute approximate surface area is 207 Å². The average Bonchev–Trinajstić information content (AvgIpc) is 2.76. The van der Waals surface area contributed by atoms with E-state index in [1.165, 1.54) is 0 Å². The van der Waals surface area contributed by atoms with Crippen molar-refractivity contribution in [2.75, 3.05) is 39.0 Å². The maximum atomic E-state index is 12.2. The number of para-hydroxylation sites is 1. The molecule has 0 radical (unpaired) electrons. The van der Waals surface area contributed by atoms with Crippen molar-refractivity contribution in [2.45, 2.75) is 25.7 Å². The van der Waals surface area contributed by atoms with Gasteiger partial charge < -0.3 is 20.9 Å². The summed E-state index contributed by atoms with van der Waals surface area (Å²) in [6.07, 6.45) is 1.21. The number of rotatable bonds is 7. The van der Waals surface area contributed by atoms with Crippen LogP contribution in [0.3, 0.4) is 0 Å². The van der Waals surface area contributed by atoms with E-state index in [0.29, 0.717) is 25.1 Å². The third kappa shape index (κ3) is 6.94. The van der Waals surface area contributed by atoms with Crippen molar-refractivity contribution in [3.05, 3.63) is 65.2 Å². The highest BCUT2D eigenvalue weighted by Crippen LogP contribution is 2.31. The van der Waals surface area contributed by atoms with Crippen LogP contribution in [0.15, 0.2) is 53.5 Å². The number of nitrogens with one attached hydrogen (secondary N) is 3. The number of halogens is 1. The van der Waals surface area contributed by atoms with Gasteiger partial charge in [0.15, 0.2) is 5.96 Å². The minimum absolute atomic E-state index is 0. The molecule has 0 aromatic heterocycles. The quantitative estimate of drug-likeness (QED) is 0.281. The summed E-state index contributed by atoms with van der Waals surface area (Å²) in [4.78, 5) is 30.5. The topological polar surface area (TPSA) is 85.8 Å². The van der Waals surface area contributed by atoms with Crippen LogP contribution in [0.5, 0.6) is 0 Å². The van der Waals surface area contributed by atoms with Crippen molar-refractivity contribution in [3.63, 3.8) is 0 Å². The Morgan fingerprint density at radius 1 is 1.16 bits per heavy atom. The second kappa shape index (κ2) is 12.4. The number of benzene rings is 2. The highest BCUT2D eigenvalue weighted by molar-refractivity contribution is 14.0. The van der Waals surface area contributed by atoms with Crippen LogP contribution in [0, 0.1) is 0 Å². The molecular weight excluding hydrogens is 517 g/mol. The van der Waals surface area contributed by atoms with E-state index in [4.69, 9.17) is 4.99 Å². The maximum Gasteiger partial charge on any atom is 0.253 e. The Hall–Kier alpha value is -2.62. The lowest BCUT2D eigenvalue weighted by Crippen LogP contribution is -2.39. The van der Waals surface area contributed by atoms with E-state index in [2.05, 4.69) is 22.0 Å². The number of guanidine groups is 1.